The third kappa shape index (κ3) is 2.76. The Morgan fingerprint density at radius 3 is 2.83 bits per heavy atom. The Kier molecular flexibility index (Phi) is 4.10. The first-order chi connectivity index (χ1) is 8.72. The van der Waals surface area contributed by atoms with Crippen molar-refractivity contribution in [2.45, 2.75) is 18.9 Å². The first kappa shape index (κ1) is 12.8. The van der Waals surface area contributed by atoms with Crippen molar-refractivity contribution in [3.05, 3.63) is 35.9 Å². The summed E-state index contributed by atoms with van der Waals surface area (Å²) in [6.07, 6.45) is 1.38. The molecule has 1 aliphatic rings. The first-order valence-electron chi connectivity index (χ1n) is 6.13. The molecule has 0 radical (unpaired) electrons. The van der Waals surface area contributed by atoms with Crippen LogP contribution in [0.5, 0.6) is 0 Å². The van der Waals surface area contributed by atoms with Crippen LogP contribution in [0.1, 0.15) is 12.0 Å². The van der Waals surface area contributed by atoms with E-state index in [9.17, 15) is 4.79 Å². The maximum absolute atomic E-state index is 11.6. The summed E-state index contributed by atoms with van der Waals surface area (Å²) < 4.78 is 4.78. The van der Waals surface area contributed by atoms with Crippen LogP contribution in [0.4, 0.5) is 0 Å². The molecular formula is C14H18N2O2. The summed E-state index contributed by atoms with van der Waals surface area (Å²) in [5.74, 6) is -0.492. The van der Waals surface area contributed by atoms with Crippen molar-refractivity contribution >= 4 is 11.7 Å². The summed E-state index contributed by atoms with van der Waals surface area (Å²) in [7, 11) is 1.40. The number of aliphatic imine (C=N–C) groups is 1. The highest BCUT2D eigenvalue weighted by Gasteiger charge is 2.32. The summed E-state index contributed by atoms with van der Waals surface area (Å²) in [5.41, 5.74) is 8.17. The molecule has 0 saturated carbocycles. The second kappa shape index (κ2) is 5.78. The van der Waals surface area contributed by atoms with Gasteiger partial charge in [0.05, 0.1) is 19.1 Å². The molecule has 2 unspecified atom stereocenters. The fourth-order valence-electron chi connectivity index (χ4n) is 2.26. The minimum absolute atomic E-state index is 0.233. The third-order valence-corrected chi connectivity index (χ3v) is 3.31. The minimum atomic E-state index is -0.327. The summed E-state index contributed by atoms with van der Waals surface area (Å²) >= 11 is 0. The predicted molar refractivity (Wildman–Crippen MR) is 70.5 cm³/mol. The van der Waals surface area contributed by atoms with E-state index in [0.717, 1.165) is 11.3 Å². The van der Waals surface area contributed by atoms with Gasteiger partial charge in [0.2, 0.25) is 0 Å². The first-order valence-corrected chi connectivity index (χ1v) is 6.13. The molecule has 0 spiro atoms. The van der Waals surface area contributed by atoms with Crippen molar-refractivity contribution < 1.29 is 9.53 Å². The van der Waals surface area contributed by atoms with Crippen LogP contribution in [-0.4, -0.2) is 31.4 Å². The number of methoxy groups -OCH3 is 1. The average molecular weight is 246 g/mol. The van der Waals surface area contributed by atoms with E-state index in [2.05, 4.69) is 4.99 Å². The zero-order chi connectivity index (χ0) is 13.0. The highest BCUT2D eigenvalue weighted by atomic mass is 16.5. The Balaban J connectivity index is 2.09. The van der Waals surface area contributed by atoms with E-state index in [1.54, 1.807) is 0 Å². The van der Waals surface area contributed by atoms with E-state index in [4.69, 9.17) is 10.5 Å². The molecule has 1 aliphatic heterocycles. The number of hydrogen-bond acceptors (Lipinski definition) is 4. The van der Waals surface area contributed by atoms with Crippen LogP contribution in [0.15, 0.2) is 35.3 Å². The number of hydrogen-bond donors (Lipinski definition) is 1. The van der Waals surface area contributed by atoms with Crippen molar-refractivity contribution in [1.29, 1.82) is 0 Å². The summed E-state index contributed by atoms with van der Waals surface area (Å²) in [5, 5.41) is 0. The number of carbonyl (C=O) groups excluding carboxylic acids is 1. The molecule has 0 fully saturated rings. The van der Waals surface area contributed by atoms with Gasteiger partial charge in [0, 0.05) is 18.7 Å². The smallest absolute Gasteiger partial charge is 0.310 e. The topological polar surface area (TPSA) is 64.7 Å². The van der Waals surface area contributed by atoms with Gasteiger partial charge in [-0.25, -0.2) is 0 Å². The van der Waals surface area contributed by atoms with Crippen molar-refractivity contribution in [2.24, 2.45) is 16.6 Å². The summed E-state index contributed by atoms with van der Waals surface area (Å²) in [6.45, 7) is 0.648. The van der Waals surface area contributed by atoms with Crippen LogP contribution in [0.2, 0.25) is 0 Å². The highest BCUT2D eigenvalue weighted by molar-refractivity contribution is 5.95. The number of rotatable bonds is 3. The SMILES string of the molecule is COC(=O)C1CCN=C(Cc2ccccc2)C1N. The van der Waals surface area contributed by atoms with Gasteiger partial charge in [-0.05, 0) is 12.0 Å². The fourth-order valence-corrected chi connectivity index (χ4v) is 2.26. The van der Waals surface area contributed by atoms with E-state index >= 15 is 0 Å². The lowest BCUT2D eigenvalue weighted by atomic mass is 9.88. The van der Waals surface area contributed by atoms with Gasteiger partial charge in [0.25, 0.3) is 0 Å². The fraction of sp³-hybridized carbons (Fsp3) is 0.429. The molecule has 4 nitrogen and oxygen atoms in total. The van der Waals surface area contributed by atoms with Crippen LogP contribution in [0, 0.1) is 5.92 Å². The van der Waals surface area contributed by atoms with Crippen LogP contribution in [0.25, 0.3) is 0 Å². The summed E-state index contributed by atoms with van der Waals surface area (Å²) in [4.78, 5) is 16.1. The van der Waals surface area contributed by atoms with E-state index in [-0.39, 0.29) is 17.9 Å². The molecular weight excluding hydrogens is 228 g/mol. The van der Waals surface area contributed by atoms with Crippen molar-refractivity contribution in [3.8, 4) is 0 Å². The van der Waals surface area contributed by atoms with Crippen molar-refractivity contribution in [3.63, 3.8) is 0 Å². The average Bonchev–Trinajstić information content (AvgIpc) is 2.41. The Morgan fingerprint density at radius 1 is 1.44 bits per heavy atom. The van der Waals surface area contributed by atoms with Gasteiger partial charge < -0.3 is 10.5 Å². The monoisotopic (exact) mass is 246 g/mol. The zero-order valence-corrected chi connectivity index (χ0v) is 10.5. The standard InChI is InChI=1S/C14H18N2O2/c1-18-14(17)11-7-8-16-12(13(11)15)9-10-5-3-2-4-6-10/h2-6,11,13H,7-9,15H2,1H3. The number of carbonyl (C=O) groups is 1. The summed E-state index contributed by atoms with van der Waals surface area (Å²) in [6, 6.07) is 9.70. The van der Waals surface area contributed by atoms with Gasteiger partial charge >= 0.3 is 5.97 Å². The third-order valence-electron chi connectivity index (χ3n) is 3.31. The van der Waals surface area contributed by atoms with Gasteiger partial charge in [-0.1, -0.05) is 30.3 Å². The second-order valence-corrected chi connectivity index (χ2v) is 4.48. The normalized spacial score (nSPS) is 23.3. The van der Waals surface area contributed by atoms with Crippen LogP contribution in [0.3, 0.4) is 0 Å². The van der Waals surface area contributed by atoms with Crippen molar-refractivity contribution in [1.82, 2.24) is 0 Å². The molecule has 0 aliphatic carbocycles. The van der Waals surface area contributed by atoms with Crippen LogP contribution >= 0.6 is 0 Å². The number of nitrogens with zero attached hydrogens (tertiary/aromatic N) is 1. The van der Waals surface area contributed by atoms with Crippen LogP contribution in [-0.2, 0) is 16.0 Å². The zero-order valence-electron chi connectivity index (χ0n) is 10.5. The lowest BCUT2D eigenvalue weighted by molar-refractivity contribution is -0.145. The predicted octanol–water partition coefficient (Wildman–Crippen LogP) is 1.19. The molecule has 1 aromatic carbocycles. The molecule has 2 N–H and O–H groups in total. The van der Waals surface area contributed by atoms with Gasteiger partial charge in [-0.3, -0.25) is 9.79 Å². The maximum Gasteiger partial charge on any atom is 0.310 e. The number of nitrogens with two attached hydrogens (primary N) is 1. The number of ether oxygens (including phenoxy) is 1. The largest absolute Gasteiger partial charge is 0.469 e. The van der Waals surface area contributed by atoms with E-state index < -0.39 is 0 Å². The van der Waals surface area contributed by atoms with E-state index in [1.165, 1.54) is 7.11 Å². The quantitative estimate of drug-likeness (QED) is 0.815. The lowest BCUT2D eigenvalue weighted by Crippen LogP contribution is -2.46. The van der Waals surface area contributed by atoms with Crippen LogP contribution < -0.4 is 5.73 Å². The molecule has 18 heavy (non-hydrogen) atoms. The molecule has 2 atom stereocenters. The molecule has 96 valence electrons. The van der Waals surface area contributed by atoms with Gasteiger partial charge in [0.1, 0.15) is 0 Å². The molecule has 4 heteroatoms. The van der Waals surface area contributed by atoms with E-state index in [1.807, 2.05) is 30.3 Å². The molecule has 0 aromatic heterocycles. The Morgan fingerprint density at radius 2 is 2.17 bits per heavy atom. The molecule has 0 amide bonds. The second-order valence-electron chi connectivity index (χ2n) is 4.48. The molecule has 0 bridgehead atoms. The Hall–Kier alpha value is -1.68. The highest BCUT2D eigenvalue weighted by Crippen LogP contribution is 2.18. The van der Waals surface area contributed by atoms with Gasteiger partial charge in [-0.2, -0.15) is 0 Å². The Labute approximate surface area is 107 Å². The Bertz CT molecular complexity index is 442. The van der Waals surface area contributed by atoms with E-state index in [0.29, 0.717) is 19.4 Å². The number of esters is 1. The van der Waals surface area contributed by atoms with Gasteiger partial charge in [-0.15, -0.1) is 0 Å². The molecule has 1 aromatic rings. The minimum Gasteiger partial charge on any atom is -0.469 e. The number of benzene rings is 1. The maximum atomic E-state index is 11.6. The van der Waals surface area contributed by atoms with Gasteiger partial charge in [0.15, 0.2) is 0 Å². The molecule has 0 saturated heterocycles. The molecule has 2 rings (SSSR count). The lowest BCUT2D eigenvalue weighted by Gasteiger charge is -2.27. The van der Waals surface area contributed by atoms with Crippen molar-refractivity contribution in [2.75, 3.05) is 13.7 Å². The molecule has 1 heterocycles.